The van der Waals surface area contributed by atoms with Gasteiger partial charge in [-0.3, -0.25) is 34.3 Å². The fourth-order valence-corrected chi connectivity index (χ4v) is 9.77. The SMILES string of the molecule is CO[C@]12[C@H](C)NCN1C1=C(C(=O)C(NCCSSC[C@H](NC(=O)CC[C@@H](NC(=O)c3ccc(NCc4cnc5nc(N)[nH]c(=O)c5n4)cc3)C(=O)O)C(=O)O)=C(C)C1=O)[C@H]2COC(N)=O. The van der Waals surface area contributed by atoms with Gasteiger partial charge in [0.25, 0.3) is 11.5 Å². The fourth-order valence-electron chi connectivity index (χ4n) is 7.71. The molecule has 12 N–H and O–H groups in total. The zero-order valence-corrected chi connectivity index (χ0v) is 36.7. The van der Waals surface area contributed by atoms with Crippen LogP contribution in [0.1, 0.15) is 42.7 Å². The highest BCUT2D eigenvalue weighted by atomic mass is 33.1. The number of aromatic nitrogens is 4. The van der Waals surface area contributed by atoms with E-state index in [1.807, 2.05) is 6.92 Å². The predicted octanol–water partition coefficient (Wildman–Crippen LogP) is -0.590. The Morgan fingerprint density at radius 2 is 1.74 bits per heavy atom. The van der Waals surface area contributed by atoms with Gasteiger partial charge in [0.2, 0.25) is 23.4 Å². The third-order valence-corrected chi connectivity index (χ3v) is 13.3. The molecule has 4 heterocycles. The van der Waals surface area contributed by atoms with E-state index in [1.165, 1.54) is 43.2 Å². The van der Waals surface area contributed by atoms with Gasteiger partial charge >= 0.3 is 18.0 Å². The number of nitrogen functional groups attached to an aromatic ring is 1. The molecule has 2 aromatic heterocycles. The van der Waals surface area contributed by atoms with Gasteiger partial charge in [-0.2, -0.15) is 4.98 Å². The molecular formula is C39H46N12O12S2. The Kier molecular flexibility index (Phi) is 15.0. The Morgan fingerprint density at radius 1 is 1.02 bits per heavy atom. The number of fused-ring (bicyclic) bond motifs is 3. The second kappa shape index (κ2) is 20.4. The number of carboxylic acids is 2. The number of carbonyl (C=O) groups is 7. The first-order valence-electron chi connectivity index (χ1n) is 19.9. The number of hydrogen-bond donors (Lipinski definition) is 10. The van der Waals surface area contributed by atoms with E-state index in [-0.39, 0.29) is 89.8 Å². The average molecular weight is 939 g/mol. The van der Waals surface area contributed by atoms with Gasteiger partial charge < -0.3 is 57.3 Å². The molecule has 0 bridgehead atoms. The lowest BCUT2D eigenvalue weighted by Crippen LogP contribution is -2.55. The Balaban J connectivity index is 0.936. The van der Waals surface area contributed by atoms with Crippen LogP contribution in [-0.4, -0.2) is 139 Å². The summed E-state index contributed by atoms with van der Waals surface area (Å²) in [6.07, 6.45) is -0.364. The Morgan fingerprint density at radius 3 is 2.42 bits per heavy atom. The van der Waals surface area contributed by atoms with E-state index in [9.17, 15) is 48.6 Å². The first-order chi connectivity index (χ1) is 31.0. The number of rotatable bonds is 21. The van der Waals surface area contributed by atoms with E-state index in [1.54, 1.807) is 17.0 Å². The van der Waals surface area contributed by atoms with Gasteiger partial charge in [-0.1, -0.05) is 21.6 Å². The van der Waals surface area contributed by atoms with Gasteiger partial charge in [0, 0.05) is 54.0 Å². The van der Waals surface area contributed by atoms with E-state index in [0.717, 1.165) is 10.8 Å². The summed E-state index contributed by atoms with van der Waals surface area (Å²) in [5, 5.41) is 33.6. The number of nitrogens with one attached hydrogen (secondary N) is 6. The number of primary amides is 1. The molecule has 65 heavy (non-hydrogen) atoms. The van der Waals surface area contributed by atoms with Crippen molar-refractivity contribution in [2.24, 2.45) is 11.7 Å². The van der Waals surface area contributed by atoms with Crippen molar-refractivity contribution >= 4 is 85.8 Å². The summed E-state index contributed by atoms with van der Waals surface area (Å²) in [4.78, 5) is 117. The zero-order chi connectivity index (χ0) is 47.2. The lowest BCUT2D eigenvalue weighted by molar-refractivity contribution is -0.142. The highest BCUT2D eigenvalue weighted by molar-refractivity contribution is 8.76. The smallest absolute Gasteiger partial charge is 0.404 e. The maximum absolute atomic E-state index is 14.0. The number of aliphatic carboxylic acids is 2. The van der Waals surface area contributed by atoms with Crippen LogP contribution in [0.5, 0.6) is 0 Å². The Hall–Kier alpha value is -6.77. The van der Waals surface area contributed by atoms with Gasteiger partial charge in [-0.15, -0.1) is 0 Å². The molecule has 3 amide bonds. The van der Waals surface area contributed by atoms with Gasteiger partial charge in [0.1, 0.15) is 18.7 Å². The largest absolute Gasteiger partial charge is 0.480 e. The average Bonchev–Trinajstić information content (AvgIpc) is 3.75. The Labute approximate surface area is 376 Å². The summed E-state index contributed by atoms with van der Waals surface area (Å²) in [5.74, 6) is -5.69. The van der Waals surface area contributed by atoms with Crippen molar-refractivity contribution in [1.29, 1.82) is 0 Å². The number of nitrogens with two attached hydrogens (primary N) is 2. The molecule has 1 aromatic carbocycles. The minimum Gasteiger partial charge on any atom is -0.480 e. The molecule has 346 valence electrons. The lowest BCUT2D eigenvalue weighted by Gasteiger charge is -2.39. The number of carbonyl (C=O) groups excluding carboxylic acids is 5. The minimum atomic E-state index is -1.47. The Bertz CT molecular complexity index is 2540. The number of ketones is 2. The van der Waals surface area contributed by atoms with Crippen molar-refractivity contribution in [3.05, 3.63) is 74.6 Å². The van der Waals surface area contributed by atoms with Crippen molar-refractivity contribution < 1.29 is 53.2 Å². The van der Waals surface area contributed by atoms with Crippen molar-refractivity contribution in [1.82, 2.24) is 46.1 Å². The maximum atomic E-state index is 14.0. The molecule has 2 aliphatic heterocycles. The molecule has 24 nitrogen and oxygen atoms in total. The van der Waals surface area contributed by atoms with Crippen LogP contribution < -0.4 is 43.6 Å². The molecule has 5 atom stereocenters. The quantitative estimate of drug-likeness (QED) is 0.0362. The highest BCUT2D eigenvalue weighted by Crippen LogP contribution is 2.50. The number of Topliss-reactive ketones (excluding diaryl/α,β-unsaturated/α-hetero) is 2. The first-order valence-corrected chi connectivity index (χ1v) is 22.4. The van der Waals surface area contributed by atoms with Gasteiger partial charge in [-0.05, 0) is 44.5 Å². The van der Waals surface area contributed by atoms with Crippen LogP contribution in [0.4, 0.5) is 16.4 Å². The van der Waals surface area contributed by atoms with Crippen LogP contribution in [0, 0.1) is 5.92 Å². The summed E-state index contributed by atoms with van der Waals surface area (Å²) in [6.45, 7) is 3.64. The fraction of sp³-hybridized carbons (Fsp3) is 0.410. The molecule has 6 rings (SSSR count). The minimum absolute atomic E-state index is 0.0154. The number of benzene rings is 1. The second-order valence-corrected chi connectivity index (χ2v) is 17.5. The summed E-state index contributed by atoms with van der Waals surface area (Å²) < 4.78 is 11.1. The number of methoxy groups -OCH3 is 1. The molecule has 0 spiro atoms. The molecule has 0 unspecified atom stereocenters. The van der Waals surface area contributed by atoms with Gasteiger partial charge in [0.05, 0.1) is 48.5 Å². The molecule has 1 saturated heterocycles. The van der Waals surface area contributed by atoms with E-state index < -0.39 is 77.1 Å². The number of aromatic amines is 1. The third kappa shape index (κ3) is 10.3. The van der Waals surface area contributed by atoms with Crippen LogP contribution in [0.3, 0.4) is 0 Å². The normalized spacial score (nSPS) is 20.0. The standard InChI is InChI=1S/C39H46N12O12S2/c1-17-27(31(54)26-22(14-63-38(41)61)39(62-3)18(2)45-16-51(39)29(26)30(17)53)42-10-11-64-65-15-24(36(59)60)47-25(52)9-8-23(35(57)58)48-33(55)19-4-6-20(7-5-19)43-12-21-13-44-32-28(46-21)34(56)50-37(40)49-32/h4-7,13,18,22-24,42-43,45H,8-12,14-16H2,1-3H3,(H2,41,61)(H,47,52)(H,48,55)(H,57,58)(H,59,60)(H3,40,44,49,50,56)/t18-,22+,23+,24-,39-/m0/s1. The van der Waals surface area contributed by atoms with Gasteiger partial charge in [-0.25, -0.2) is 24.4 Å². The van der Waals surface area contributed by atoms with E-state index >= 15 is 0 Å². The molecule has 0 saturated carbocycles. The van der Waals surface area contributed by atoms with Crippen molar-refractivity contribution in [3.8, 4) is 0 Å². The third-order valence-electron chi connectivity index (χ3n) is 10.9. The van der Waals surface area contributed by atoms with Crippen molar-refractivity contribution in [2.75, 3.05) is 49.5 Å². The molecule has 3 aliphatic rings. The molecule has 3 aromatic rings. The van der Waals surface area contributed by atoms with Crippen molar-refractivity contribution in [3.63, 3.8) is 0 Å². The summed E-state index contributed by atoms with van der Waals surface area (Å²) in [7, 11) is 3.83. The number of anilines is 2. The molecule has 1 fully saturated rings. The lowest BCUT2D eigenvalue weighted by atomic mass is 9.81. The highest BCUT2D eigenvalue weighted by Gasteiger charge is 2.64. The zero-order valence-electron chi connectivity index (χ0n) is 35.1. The van der Waals surface area contributed by atoms with Crippen LogP contribution in [0.15, 0.2) is 57.8 Å². The van der Waals surface area contributed by atoms with E-state index in [4.69, 9.17) is 20.9 Å². The number of allylic oxidation sites excluding steroid dienone is 2. The van der Waals surface area contributed by atoms with Crippen LogP contribution >= 0.6 is 21.6 Å². The molecule has 0 radical (unpaired) electrons. The second-order valence-electron chi connectivity index (χ2n) is 14.9. The number of ether oxygens (including phenoxy) is 2. The van der Waals surface area contributed by atoms with Gasteiger partial charge in [0.15, 0.2) is 16.9 Å². The number of hydrogen-bond acceptors (Lipinski definition) is 20. The summed E-state index contributed by atoms with van der Waals surface area (Å²) >= 11 is 0. The molecule has 26 heteroatoms. The monoisotopic (exact) mass is 938 g/mol. The topological polar surface area (TPSA) is 365 Å². The number of amides is 3. The van der Waals surface area contributed by atoms with Crippen LogP contribution in [-0.2, 0) is 40.0 Å². The summed E-state index contributed by atoms with van der Waals surface area (Å²) in [6, 6.07) is 2.88. The van der Waals surface area contributed by atoms with E-state index in [0.29, 0.717) is 17.1 Å². The number of nitrogens with zero attached hydrogens (tertiary/aromatic N) is 4. The summed E-state index contributed by atoms with van der Waals surface area (Å²) in [5.41, 5.74) is 10.9. The number of carboxylic acid groups (broad SMARTS) is 2. The maximum Gasteiger partial charge on any atom is 0.404 e. The molecule has 1 aliphatic carbocycles. The van der Waals surface area contributed by atoms with E-state index in [2.05, 4.69) is 46.5 Å². The number of H-pyrrole nitrogens is 1. The van der Waals surface area contributed by atoms with Crippen LogP contribution in [0.25, 0.3) is 11.2 Å². The predicted molar refractivity (Wildman–Crippen MR) is 235 cm³/mol. The van der Waals surface area contributed by atoms with Crippen LogP contribution in [0.2, 0.25) is 0 Å². The molecular weight excluding hydrogens is 893 g/mol. The first kappa shape index (κ1) is 47.7. The van der Waals surface area contributed by atoms with Crippen molar-refractivity contribution in [2.45, 2.75) is 57.1 Å².